The minimum atomic E-state index is -0.735. The maximum absolute atomic E-state index is 13.9. The zero-order valence-electron chi connectivity index (χ0n) is 10.8. The van der Waals surface area contributed by atoms with Crippen molar-refractivity contribution in [3.05, 3.63) is 57.8 Å². The Kier molecular flexibility index (Phi) is 3.51. The van der Waals surface area contributed by atoms with E-state index in [1.165, 1.54) is 6.20 Å². The third-order valence-corrected chi connectivity index (χ3v) is 3.83. The standard InChI is InChI=1S/C15H8Cl2F2N2/c1-7-14(17)13-11(19)3-10(18)4-12(13)21-15(7)8-2-9(16)6-20-5-8/h2-6H,1H3. The number of rotatable bonds is 1. The maximum Gasteiger partial charge on any atom is 0.137 e. The molecule has 106 valence electrons. The van der Waals surface area contributed by atoms with E-state index in [0.29, 0.717) is 21.8 Å². The maximum atomic E-state index is 13.9. The molecule has 2 aromatic heterocycles. The Morgan fingerprint density at radius 3 is 2.52 bits per heavy atom. The second-order valence-corrected chi connectivity index (χ2v) is 5.39. The summed E-state index contributed by atoms with van der Waals surface area (Å²) in [6.07, 6.45) is 3.06. The van der Waals surface area contributed by atoms with Gasteiger partial charge in [-0.2, -0.15) is 0 Å². The van der Waals surface area contributed by atoms with Crippen LogP contribution in [0.5, 0.6) is 0 Å². The lowest BCUT2D eigenvalue weighted by Crippen LogP contribution is -1.95. The number of hydrogen-bond acceptors (Lipinski definition) is 2. The molecule has 0 saturated heterocycles. The summed E-state index contributed by atoms with van der Waals surface area (Å²) in [6, 6.07) is 3.60. The van der Waals surface area contributed by atoms with E-state index >= 15 is 0 Å². The highest BCUT2D eigenvalue weighted by atomic mass is 35.5. The van der Waals surface area contributed by atoms with Gasteiger partial charge in [0.15, 0.2) is 0 Å². The van der Waals surface area contributed by atoms with Gasteiger partial charge in [-0.3, -0.25) is 4.98 Å². The average molecular weight is 325 g/mol. The van der Waals surface area contributed by atoms with Gasteiger partial charge in [0, 0.05) is 30.1 Å². The Morgan fingerprint density at radius 2 is 1.81 bits per heavy atom. The molecule has 0 saturated carbocycles. The molecule has 0 aliphatic rings. The average Bonchev–Trinajstić information content (AvgIpc) is 2.42. The molecule has 0 aliphatic carbocycles. The van der Waals surface area contributed by atoms with E-state index < -0.39 is 11.6 Å². The lowest BCUT2D eigenvalue weighted by atomic mass is 10.1. The van der Waals surface area contributed by atoms with Crippen LogP contribution in [0.15, 0.2) is 30.6 Å². The zero-order chi connectivity index (χ0) is 15.1. The molecule has 3 rings (SSSR count). The van der Waals surface area contributed by atoms with Crippen molar-refractivity contribution in [3.8, 4) is 11.3 Å². The summed E-state index contributed by atoms with van der Waals surface area (Å²) in [5.74, 6) is -1.44. The van der Waals surface area contributed by atoms with Crippen molar-refractivity contribution >= 4 is 34.1 Å². The Morgan fingerprint density at radius 1 is 1.05 bits per heavy atom. The quantitative estimate of drug-likeness (QED) is 0.615. The van der Waals surface area contributed by atoms with Gasteiger partial charge in [-0.15, -0.1) is 0 Å². The molecular formula is C15H8Cl2F2N2. The van der Waals surface area contributed by atoms with Crippen LogP contribution in [0.1, 0.15) is 5.56 Å². The van der Waals surface area contributed by atoms with Gasteiger partial charge in [0.1, 0.15) is 11.6 Å². The van der Waals surface area contributed by atoms with Gasteiger partial charge in [-0.25, -0.2) is 13.8 Å². The Labute approximate surface area is 129 Å². The van der Waals surface area contributed by atoms with Gasteiger partial charge in [0.05, 0.1) is 26.6 Å². The summed E-state index contributed by atoms with van der Waals surface area (Å²) >= 11 is 12.1. The number of nitrogens with zero attached hydrogens (tertiary/aromatic N) is 2. The number of fused-ring (bicyclic) bond motifs is 1. The third-order valence-electron chi connectivity index (χ3n) is 3.15. The van der Waals surface area contributed by atoms with Crippen molar-refractivity contribution in [2.24, 2.45) is 0 Å². The van der Waals surface area contributed by atoms with Gasteiger partial charge >= 0.3 is 0 Å². The predicted molar refractivity (Wildman–Crippen MR) is 79.6 cm³/mol. The van der Waals surface area contributed by atoms with E-state index in [1.54, 1.807) is 19.2 Å². The van der Waals surface area contributed by atoms with Crippen LogP contribution >= 0.6 is 23.2 Å². The van der Waals surface area contributed by atoms with Crippen LogP contribution in [-0.2, 0) is 0 Å². The number of benzene rings is 1. The molecule has 6 heteroatoms. The minimum absolute atomic E-state index is 0.106. The molecule has 0 unspecified atom stereocenters. The highest BCUT2D eigenvalue weighted by Crippen LogP contribution is 2.34. The van der Waals surface area contributed by atoms with Crippen LogP contribution in [0.4, 0.5) is 8.78 Å². The van der Waals surface area contributed by atoms with Crippen molar-refractivity contribution in [1.29, 1.82) is 0 Å². The van der Waals surface area contributed by atoms with Crippen molar-refractivity contribution in [3.63, 3.8) is 0 Å². The first kappa shape index (κ1) is 14.2. The Hall–Kier alpha value is -1.78. The topological polar surface area (TPSA) is 25.8 Å². The molecule has 0 atom stereocenters. The summed E-state index contributed by atoms with van der Waals surface area (Å²) in [5, 5.41) is 0.747. The predicted octanol–water partition coefficient (Wildman–Crippen LogP) is 5.19. The fourth-order valence-corrected chi connectivity index (χ4v) is 2.63. The first-order chi connectivity index (χ1) is 9.97. The van der Waals surface area contributed by atoms with E-state index in [-0.39, 0.29) is 15.9 Å². The highest BCUT2D eigenvalue weighted by Gasteiger charge is 2.16. The monoisotopic (exact) mass is 324 g/mol. The van der Waals surface area contributed by atoms with Gasteiger partial charge in [0.25, 0.3) is 0 Å². The summed E-state index contributed by atoms with van der Waals surface area (Å²) in [6.45, 7) is 1.72. The van der Waals surface area contributed by atoms with E-state index in [9.17, 15) is 8.78 Å². The molecule has 0 radical (unpaired) electrons. The number of aromatic nitrogens is 2. The fraction of sp³-hybridized carbons (Fsp3) is 0.0667. The molecule has 2 nitrogen and oxygen atoms in total. The van der Waals surface area contributed by atoms with Crippen LogP contribution in [0.2, 0.25) is 10.0 Å². The molecule has 3 aromatic rings. The lowest BCUT2D eigenvalue weighted by Gasteiger charge is -2.11. The molecule has 0 spiro atoms. The Bertz CT molecular complexity index is 866. The van der Waals surface area contributed by atoms with E-state index in [4.69, 9.17) is 23.2 Å². The van der Waals surface area contributed by atoms with E-state index in [2.05, 4.69) is 9.97 Å². The molecule has 2 heterocycles. The number of pyridine rings is 2. The van der Waals surface area contributed by atoms with Crippen LogP contribution in [0, 0.1) is 18.6 Å². The molecule has 0 bridgehead atoms. The van der Waals surface area contributed by atoms with Gasteiger partial charge in [-0.1, -0.05) is 23.2 Å². The van der Waals surface area contributed by atoms with Crippen LogP contribution in [0.3, 0.4) is 0 Å². The van der Waals surface area contributed by atoms with Crippen molar-refractivity contribution in [1.82, 2.24) is 9.97 Å². The van der Waals surface area contributed by atoms with Crippen LogP contribution < -0.4 is 0 Å². The molecule has 21 heavy (non-hydrogen) atoms. The molecular weight excluding hydrogens is 317 g/mol. The summed E-state index contributed by atoms with van der Waals surface area (Å²) in [7, 11) is 0. The van der Waals surface area contributed by atoms with Crippen molar-refractivity contribution in [2.45, 2.75) is 6.92 Å². The van der Waals surface area contributed by atoms with E-state index in [0.717, 1.165) is 12.1 Å². The third kappa shape index (κ3) is 2.45. The largest absolute Gasteiger partial charge is 0.262 e. The second kappa shape index (κ2) is 5.20. The van der Waals surface area contributed by atoms with Gasteiger partial charge in [0.2, 0.25) is 0 Å². The normalized spacial score (nSPS) is 11.1. The van der Waals surface area contributed by atoms with Gasteiger partial charge < -0.3 is 0 Å². The van der Waals surface area contributed by atoms with Crippen LogP contribution in [0.25, 0.3) is 22.2 Å². The molecule has 1 aromatic carbocycles. The summed E-state index contributed by atoms with van der Waals surface area (Å²) in [5.41, 5.74) is 1.86. The minimum Gasteiger partial charge on any atom is -0.262 e. The zero-order valence-corrected chi connectivity index (χ0v) is 12.3. The summed E-state index contributed by atoms with van der Waals surface area (Å²) in [4.78, 5) is 8.29. The fourth-order valence-electron chi connectivity index (χ4n) is 2.18. The summed E-state index contributed by atoms with van der Waals surface area (Å²) < 4.78 is 27.3. The molecule has 0 aliphatic heterocycles. The SMILES string of the molecule is Cc1c(-c2cncc(Cl)c2)nc2cc(F)cc(F)c2c1Cl. The first-order valence-electron chi connectivity index (χ1n) is 6.03. The van der Waals surface area contributed by atoms with Crippen LogP contribution in [-0.4, -0.2) is 9.97 Å². The lowest BCUT2D eigenvalue weighted by molar-refractivity contribution is 0.591. The molecule has 0 N–H and O–H groups in total. The Balaban J connectivity index is 2.37. The van der Waals surface area contributed by atoms with E-state index in [1.807, 2.05) is 0 Å². The highest BCUT2D eigenvalue weighted by molar-refractivity contribution is 6.36. The smallest absolute Gasteiger partial charge is 0.137 e. The second-order valence-electron chi connectivity index (χ2n) is 4.57. The number of halogens is 4. The first-order valence-corrected chi connectivity index (χ1v) is 6.78. The number of hydrogen-bond donors (Lipinski definition) is 0. The molecule has 0 fully saturated rings. The van der Waals surface area contributed by atoms with Crippen molar-refractivity contribution in [2.75, 3.05) is 0 Å². The molecule has 0 amide bonds. The van der Waals surface area contributed by atoms with Gasteiger partial charge in [-0.05, 0) is 18.6 Å². The van der Waals surface area contributed by atoms with Crippen molar-refractivity contribution < 1.29 is 8.78 Å².